The number of aromatic nitrogens is 2. The number of anilines is 1. The molecule has 0 radical (unpaired) electrons. The average Bonchev–Trinajstić information content (AvgIpc) is 3.09. The van der Waals surface area contributed by atoms with Crippen LogP contribution in [-0.2, 0) is 7.05 Å². The van der Waals surface area contributed by atoms with Crippen molar-refractivity contribution in [1.82, 2.24) is 9.55 Å². The Morgan fingerprint density at radius 3 is 2.67 bits per heavy atom. The summed E-state index contributed by atoms with van der Waals surface area (Å²) < 4.78 is 1.78. The Kier molecular flexibility index (Phi) is 3.58. The fraction of sp³-hybridized carbons (Fsp3) is 0.125. The van der Waals surface area contributed by atoms with Gasteiger partial charge in [0.25, 0.3) is 5.91 Å². The van der Waals surface area contributed by atoms with Crippen molar-refractivity contribution in [3.63, 3.8) is 0 Å². The van der Waals surface area contributed by atoms with Crippen LogP contribution in [0.1, 0.15) is 16.1 Å². The molecule has 0 saturated heterocycles. The Morgan fingerprint density at radius 1 is 1.24 bits per heavy atom. The number of benzene rings is 1. The molecule has 1 aromatic carbocycles. The Morgan fingerprint density at radius 2 is 2.00 bits per heavy atom. The first kappa shape index (κ1) is 13.6. The van der Waals surface area contributed by atoms with Crippen molar-refractivity contribution in [2.45, 2.75) is 6.92 Å². The molecule has 0 spiro atoms. The van der Waals surface area contributed by atoms with Crippen molar-refractivity contribution in [1.29, 1.82) is 0 Å². The summed E-state index contributed by atoms with van der Waals surface area (Å²) in [6.07, 6.45) is 1.84. The number of hydrogen-bond donors (Lipinski definition) is 1. The third kappa shape index (κ3) is 2.87. The number of rotatable bonds is 3. The van der Waals surface area contributed by atoms with Gasteiger partial charge in [-0.05, 0) is 19.1 Å². The molecule has 2 heterocycles. The standard InChI is InChI=1S/C16H15N3OS/c1-11-5-7-12(8-6-11)13-10-21-16(17-13)18-15(20)14-4-3-9-19(14)2/h3-10H,1-2H3,(H,17,18,20). The third-order valence-corrected chi connectivity index (χ3v) is 4.01. The lowest BCUT2D eigenvalue weighted by atomic mass is 10.1. The number of thiazole rings is 1. The monoisotopic (exact) mass is 297 g/mol. The third-order valence-electron chi connectivity index (χ3n) is 3.25. The van der Waals surface area contributed by atoms with Gasteiger partial charge in [0.15, 0.2) is 5.13 Å². The molecule has 0 bridgehead atoms. The molecule has 0 saturated carbocycles. The first-order chi connectivity index (χ1) is 10.1. The normalized spacial score (nSPS) is 10.6. The molecule has 0 atom stereocenters. The summed E-state index contributed by atoms with van der Waals surface area (Å²) >= 11 is 1.43. The minimum Gasteiger partial charge on any atom is -0.347 e. The molecular formula is C16H15N3OS. The van der Waals surface area contributed by atoms with E-state index >= 15 is 0 Å². The van der Waals surface area contributed by atoms with E-state index < -0.39 is 0 Å². The number of nitrogens with zero attached hydrogens (tertiary/aromatic N) is 2. The maximum Gasteiger partial charge on any atom is 0.274 e. The maximum absolute atomic E-state index is 12.1. The summed E-state index contributed by atoms with van der Waals surface area (Å²) in [7, 11) is 1.84. The molecule has 1 N–H and O–H groups in total. The number of carbonyl (C=O) groups is 1. The van der Waals surface area contributed by atoms with Gasteiger partial charge in [0, 0.05) is 24.2 Å². The second-order valence-corrected chi connectivity index (χ2v) is 5.72. The van der Waals surface area contributed by atoms with Crippen LogP contribution in [0.5, 0.6) is 0 Å². The zero-order valence-corrected chi connectivity index (χ0v) is 12.6. The molecule has 5 heteroatoms. The van der Waals surface area contributed by atoms with E-state index in [9.17, 15) is 4.79 Å². The lowest BCUT2D eigenvalue weighted by molar-refractivity contribution is 0.101. The summed E-state index contributed by atoms with van der Waals surface area (Å²) in [5.74, 6) is -0.146. The van der Waals surface area contributed by atoms with Crippen LogP contribution in [0.2, 0.25) is 0 Å². The topological polar surface area (TPSA) is 46.9 Å². The van der Waals surface area contributed by atoms with E-state index in [2.05, 4.69) is 29.4 Å². The Labute approximate surface area is 127 Å². The van der Waals surface area contributed by atoms with Gasteiger partial charge in [0.1, 0.15) is 5.69 Å². The van der Waals surface area contributed by atoms with Gasteiger partial charge in [0.2, 0.25) is 0 Å². The summed E-state index contributed by atoms with van der Waals surface area (Å²) in [6.45, 7) is 2.05. The Hall–Kier alpha value is -2.40. The molecule has 1 amide bonds. The van der Waals surface area contributed by atoms with Gasteiger partial charge in [-0.1, -0.05) is 29.8 Å². The van der Waals surface area contributed by atoms with Crippen molar-refractivity contribution in [2.75, 3.05) is 5.32 Å². The largest absolute Gasteiger partial charge is 0.347 e. The fourth-order valence-electron chi connectivity index (χ4n) is 2.05. The SMILES string of the molecule is Cc1ccc(-c2csc(NC(=O)c3cccn3C)n2)cc1. The Bertz CT molecular complexity index is 771. The average molecular weight is 297 g/mol. The summed E-state index contributed by atoms with van der Waals surface area (Å²) in [6, 6.07) is 11.8. The molecule has 0 aliphatic rings. The van der Waals surface area contributed by atoms with E-state index in [0.29, 0.717) is 10.8 Å². The highest BCUT2D eigenvalue weighted by Crippen LogP contribution is 2.25. The van der Waals surface area contributed by atoms with Gasteiger partial charge in [-0.15, -0.1) is 11.3 Å². The highest BCUT2D eigenvalue weighted by molar-refractivity contribution is 7.14. The van der Waals surface area contributed by atoms with Gasteiger partial charge in [-0.3, -0.25) is 10.1 Å². The first-order valence-electron chi connectivity index (χ1n) is 6.59. The number of aryl methyl sites for hydroxylation is 2. The number of carbonyl (C=O) groups excluding carboxylic acids is 1. The van der Waals surface area contributed by atoms with Gasteiger partial charge < -0.3 is 4.57 Å². The molecule has 0 fully saturated rings. The van der Waals surface area contributed by atoms with Gasteiger partial charge in [0.05, 0.1) is 5.69 Å². The zero-order chi connectivity index (χ0) is 14.8. The van der Waals surface area contributed by atoms with Gasteiger partial charge in [-0.25, -0.2) is 4.98 Å². The smallest absolute Gasteiger partial charge is 0.274 e. The number of nitrogens with one attached hydrogen (secondary N) is 1. The first-order valence-corrected chi connectivity index (χ1v) is 7.47. The molecular weight excluding hydrogens is 282 g/mol. The molecule has 21 heavy (non-hydrogen) atoms. The van der Waals surface area contributed by atoms with Crippen molar-refractivity contribution in [3.8, 4) is 11.3 Å². The highest BCUT2D eigenvalue weighted by Gasteiger charge is 2.11. The molecule has 0 aliphatic heterocycles. The minimum absolute atomic E-state index is 0.146. The number of amides is 1. The van der Waals surface area contributed by atoms with E-state index in [1.54, 1.807) is 10.6 Å². The van der Waals surface area contributed by atoms with E-state index in [1.165, 1.54) is 16.9 Å². The van der Waals surface area contributed by atoms with Crippen LogP contribution < -0.4 is 5.32 Å². The van der Waals surface area contributed by atoms with E-state index in [0.717, 1.165) is 11.3 Å². The summed E-state index contributed by atoms with van der Waals surface area (Å²) in [5.41, 5.74) is 3.76. The number of hydrogen-bond acceptors (Lipinski definition) is 3. The van der Waals surface area contributed by atoms with Crippen LogP contribution in [0.15, 0.2) is 48.0 Å². The highest BCUT2D eigenvalue weighted by atomic mass is 32.1. The van der Waals surface area contributed by atoms with Gasteiger partial charge >= 0.3 is 0 Å². The molecule has 106 valence electrons. The van der Waals surface area contributed by atoms with Crippen LogP contribution in [0, 0.1) is 6.92 Å². The van der Waals surface area contributed by atoms with E-state index in [4.69, 9.17) is 0 Å². The Balaban J connectivity index is 1.78. The summed E-state index contributed by atoms with van der Waals surface area (Å²) in [4.78, 5) is 16.6. The quantitative estimate of drug-likeness (QED) is 0.801. The zero-order valence-electron chi connectivity index (χ0n) is 11.8. The minimum atomic E-state index is -0.146. The van der Waals surface area contributed by atoms with Crippen LogP contribution in [0.4, 0.5) is 5.13 Å². The summed E-state index contributed by atoms with van der Waals surface area (Å²) in [5, 5.41) is 5.39. The van der Waals surface area contributed by atoms with Crippen molar-refractivity contribution < 1.29 is 4.79 Å². The van der Waals surface area contributed by atoms with E-state index in [-0.39, 0.29) is 5.91 Å². The van der Waals surface area contributed by atoms with Crippen LogP contribution >= 0.6 is 11.3 Å². The van der Waals surface area contributed by atoms with E-state index in [1.807, 2.05) is 36.8 Å². The second-order valence-electron chi connectivity index (χ2n) is 4.86. The lowest BCUT2D eigenvalue weighted by Gasteiger charge is -2.02. The van der Waals surface area contributed by atoms with Crippen LogP contribution in [0.3, 0.4) is 0 Å². The molecule has 2 aromatic heterocycles. The maximum atomic E-state index is 12.1. The predicted molar refractivity (Wildman–Crippen MR) is 85.7 cm³/mol. The molecule has 0 aliphatic carbocycles. The van der Waals surface area contributed by atoms with Crippen molar-refractivity contribution in [3.05, 3.63) is 59.2 Å². The molecule has 3 aromatic rings. The molecule has 0 unspecified atom stereocenters. The van der Waals surface area contributed by atoms with Crippen molar-refractivity contribution >= 4 is 22.4 Å². The second kappa shape index (κ2) is 5.54. The van der Waals surface area contributed by atoms with Gasteiger partial charge in [-0.2, -0.15) is 0 Å². The van der Waals surface area contributed by atoms with Crippen LogP contribution in [-0.4, -0.2) is 15.5 Å². The molecule has 4 nitrogen and oxygen atoms in total. The van der Waals surface area contributed by atoms with Crippen LogP contribution in [0.25, 0.3) is 11.3 Å². The fourth-order valence-corrected chi connectivity index (χ4v) is 2.76. The lowest BCUT2D eigenvalue weighted by Crippen LogP contribution is -2.15. The molecule has 3 rings (SSSR count). The predicted octanol–water partition coefficient (Wildman–Crippen LogP) is 3.71. The van der Waals surface area contributed by atoms with Crippen molar-refractivity contribution in [2.24, 2.45) is 7.05 Å².